The number of hydrogen-bond acceptors (Lipinski definition) is 1. The van der Waals surface area contributed by atoms with Crippen LogP contribution in [0, 0.1) is 13.8 Å². The zero-order valence-electron chi connectivity index (χ0n) is 12.7. The molecule has 0 bridgehead atoms. The van der Waals surface area contributed by atoms with E-state index in [0.29, 0.717) is 0 Å². The molecule has 0 spiro atoms. The average molecular weight is 250 g/mol. The van der Waals surface area contributed by atoms with Gasteiger partial charge in [-0.05, 0) is 38.2 Å². The topological polar surface area (TPSA) is 28.7 Å². The van der Waals surface area contributed by atoms with Gasteiger partial charge in [-0.25, -0.2) is 0 Å². The lowest BCUT2D eigenvalue weighted by molar-refractivity contribution is 0.503. The van der Waals surface area contributed by atoms with Crippen molar-refractivity contribution in [3.8, 4) is 0 Å². The van der Waals surface area contributed by atoms with Crippen LogP contribution in [0.15, 0.2) is 0 Å². The summed E-state index contributed by atoms with van der Waals surface area (Å²) in [6.07, 6.45) is 10.7. The van der Waals surface area contributed by atoms with Crippen LogP contribution in [0.1, 0.15) is 88.1 Å². The number of nitrogens with zero attached hydrogens (tertiary/aromatic N) is 1. The van der Waals surface area contributed by atoms with Crippen molar-refractivity contribution >= 4 is 0 Å². The van der Waals surface area contributed by atoms with Crippen LogP contribution >= 0.6 is 0 Å². The molecular formula is C16H30N2. The molecule has 0 aliphatic carbocycles. The molecule has 0 aliphatic rings. The number of H-pyrrole nitrogens is 1. The van der Waals surface area contributed by atoms with E-state index in [4.69, 9.17) is 0 Å². The minimum Gasteiger partial charge on any atom is -0.282 e. The number of aryl methyl sites for hydroxylation is 2. The zero-order chi connectivity index (χ0) is 13.4. The monoisotopic (exact) mass is 250 g/mol. The molecule has 0 radical (unpaired) electrons. The highest BCUT2D eigenvalue weighted by atomic mass is 15.1. The summed E-state index contributed by atoms with van der Waals surface area (Å²) in [6.45, 7) is 8.87. The van der Waals surface area contributed by atoms with Crippen molar-refractivity contribution in [3.05, 3.63) is 17.0 Å². The maximum absolute atomic E-state index is 4.37. The molecule has 0 saturated carbocycles. The largest absolute Gasteiger partial charge is 0.282 e. The standard InChI is InChI=1S/C16H30N2/c1-5-7-9-11-15(12-10-8-6-2)16-13(3)17-18-14(16)4/h15H,5-12H2,1-4H3,(H,17,18). The Labute approximate surface area is 113 Å². The van der Waals surface area contributed by atoms with E-state index in [0.717, 1.165) is 5.92 Å². The SMILES string of the molecule is CCCCCC(CCCCC)c1c(C)n[nH]c1C. The van der Waals surface area contributed by atoms with E-state index < -0.39 is 0 Å². The van der Waals surface area contributed by atoms with Crippen LogP contribution in [0.3, 0.4) is 0 Å². The number of nitrogens with one attached hydrogen (secondary N) is 1. The molecule has 0 aromatic carbocycles. The van der Waals surface area contributed by atoms with E-state index in [1.165, 1.54) is 68.3 Å². The average Bonchev–Trinajstić information content (AvgIpc) is 2.68. The maximum atomic E-state index is 4.37. The van der Waals surface area contributed by atoms with Crippen LogP contribution in [0.2, 0.25) is 0 Å². The Balaban J connectivity index is 2.63. The molecule has 1 rings (SSSR count). The first-order valence-corrected chi connectivity index (χ1v) is 7.72. The summed E-state index contributed by atoms with van der Waals surface area (Å²) in [5.74, 6) is 0.724. The van der Waals surface area contributed by atoms with E-state index in [9.17, 15) is 0 Å². The molecule has 0 fully saturated rings. The van der Waals surface area contributed by atoms with Crippen molar-refractivity contribution in [2.75, 3.05) is 0 Å². The zero-order valence-corrected chi connectivity index (χ0v) is 12.7. The van der Waals surface area contributed by atoms with Crippen LogP contribution in [-0.2, 0) is 0 Å². The van der Waals surface area contributed by atoms with E-state index >= 15 is 0 Å². The number of aromatic nitrogens is 2. The van der Waals surface area contributed by atoms with Gasteiger partial charge in [0.05, 0.1) is 5.69 Å². The molecule has 2 nitrogen and oxygen atoms in total. The highest BCUT2D eigenvalue weighted by Crippen LogP contribution is 2.31. The van der Waals surface area contributed by atoms with Gasteiger partial charge in [0.1, 0.15) is 0 Å². The first-order valence-electron chi connectivity index (χ1n) is 7.72. The summed E-state index contributed by atoms with van der Waals surface area (Å²) < 4.78 is 0. The Morgan fingerprint density at radius 3 is 1.89 bits per heavy atom. The van der Waals surface area contributed by atoms with Crippen molar-refractivity contribution in [2.24, 2.45) is 0 Å². The summed E-state index contributed by atoms with van der Waals surface area (Å²) in [5, 5.41) is 7.52. The fourth-order valence-corrected chi connectivity index (χ4v) is 2.88. The molecule has 2 heteroatoms. The fourth-order valence-electron chi connectivity index (χ4n) is 2.88. The molecular weight excluding hydrogens is 220 g/mol. The summed E-state index contributed by atoms with van der Waals surface area (Å²) >= 11 is 0. The number of unbranched alkanes of at least 4 members (excludes halogenated alkanes) is 4. The molecule has 1 aromatic heterocycles. The van der Waals surface area contributed by atoms with Gasteiger partial charge in [0.2, 0.25) is 0 Å². The fraction of sp³-hybridized carbons (Fsp3) is 0.812. The van der Waals surface area contributed by atoms with Crippen molar-refractivity contribution in [3.63, 3.8) is 0 Å². The summed E-state index contributed by atoms with van der Waals surface area (Å²) in [4.78, 5) is 0. The lowest BCUT2D eigenvalue weighted by Gasteiger charge is -2.17. The number of hydrogen-bond donors (Lipinski definition) is 1. The first kappa shape index (κ1) is 15.3. The van der Waals surface area contributed by atoms with E-state index in [-0.39, 0.29) is 0 Å². The molecule has 1 N–H and O–H groups in total. The van der Waals surface area contributed by atoms with Gasteiger partial charge in [-0.15, -0.1) is 0 Å². The van der Waals surface area contributed by atoms with Crippen LogP contribution < -0.4 is 0 Å². The second-order valence-corrected chi connectivity index (χ2v) is 5.54. The molecule has 0 amide bonds. The molecule has 0 atom stereocenters. The van der Waals surface area contributed by atoms with Crippen LogP contribution in [0.4, 0.5) is 0 Å². The van der Waals surface area contributed by atoms with Gasteiger partial charge in [0.25, 0.3) is 0 Å². The first-order chi connectivity index (χ1) is 8.70. The Bertz CT molecular complexity index is 298. The third-order valence-electron chi connectivity index (χ3n) is 3.91. The van der Waals surface area contributed by atoms with Gasteiger partial charge in [0.15, 0.2) is 0 Å². The van der Waals surface area contributed by atoms with Crippen molar-refractivity contribution in [1.29, 1.82) is 0 Å². The van der Waals surface area contributed by atoms with Crippen molar-refractivity contribution in [1.82, 2.24) is 10.2 Å². The molecule has 1 heterocycles. The minimum atomic E-state index is 0.724. The number of rotatable bonds is 9. The second kappa shape index (κ2) is 8.34. The Hall–Kier alpha value is -0.790. The lowest BCUT2D eigenvalue weighted by atomic mass is 9.87. The molecule has 104 valence electrons. The smallest absolute Gasteiger partial charge is 0.0628 e. The molecule has 0 saturated heterocycles. The second-order valence-electron chi connectivity index (χ2n) is 5.54. The maximum Gasteiger partial charge on any atom is 0.0628 e. The van der Waals surface area contributed by atoms with Crippen molar-refractivity contribution in [2.45, 2.75) is 85.0 Å². The summed E-state index contributed by atoms with van der Waals surface area (Å²) in [5.41, 5.74) is 4.00. The Morgan fingerprint density at radius 2 is 1.50 bits per heavy atom. The van der Waals surface area contributed by atoms with Gasteiger partial charge >= 0.3 is 0 Å². The molecule has 1 aromatic rings. The molecule has 0 unspecified atom stereocenters. The molecule has 0 aliphatic heterocycles. The van der Waals surface area contributed by atoms with E-state index in [1.807, 2.05) is 0 Å². The lowest BCUT2D eigenvalue weighted by Crippen LogP contribution is -2.02. The van der Waals surface area contributed by atoms with Crippen LogP contribution in [0.5, 0.6) is 0 Å². The van der Waals surface area contributed by atoms with Gasteiger partial charge in [-0.1, -0.05) is 52.4 Å². The van der Waals surface area contributed by atoms with E-state index in [1.54, 1.807) is 0 Å². The number of aromatic amines is 1. The van der Waals surface area contributed by atoms with Gasteiger partial charge in [-0.3, -0.25) is 5.10 Å². The van der Waals surface area contributed by atoms with E-state index in [2.05, 4.69) is 37.9 Å². The highest BCUT2D eigenvalue weighted by Gasteiger charge is 2.17. The summed E-state index contributed by atoms with van der Waals surface area (Å²) in [6, 6.07) is 0. The quantitative estimate of drug-likeness (QED) is 0.594. The van der Waals surface area contributed by atoms with Crippen LogP contribution in [0.25, 0.3) is 0 Å². The predicted molar refractivity (Wildman–Crippen MR) is 79.1 cm³/mol. The highest BCUT2D eigenvalue weighted by molar-refractivity contribution is 5.27. The van der Waals surface area contributed by atoms with Crippen LogP contribution in [-0.4, -0.2) is 10.2 Å². The van der Waals surface area contributed by atoms with Gasteiger partial charge in [0, 0.05) is 5.69 Å². The molecule has 18 heavy (non-hydrogen) atoms. The van der Waals surface area contributed by atoms with Crippen molar-refractivity contribution < 1.29 is 0 Å². The third-order valence-corrected chi connectivity index (χ3v) is 3.91. The Kier molecular flexibility index (Phi) is 7.07. The predicted octanol–water partition coefficient (Wildman–Crippen LogP) is 5.27. The minimum absolute atomic E-state index is 0.724. The Morgan fingerprint density at radius 1 is 0.944 bits per heavy atom. The normalized spacial score (nSPS) is 11.4. The third kappa shape index (κ3) is 4.47. The summed E-state index contributed by atoms with van der Waals surface area (Å²) in [7, 11) is 0. The van der Waals surface area contributed by atoms with Gasteiger partial charge < -0.3 is 0 Å². The van der Waals surface area contributed by atoms with Gasteiger partial charge in [-0.2, -0.15) is 5.10 Å².